The van der Waals surface area contributed by atoms with Crippen molar-refractivity contribution in [3.05, 3.63) is 11.9 Å². The lowest BCUT2D eigenvalue weighted by atomic mass is 9.78. The van der Waals surface area contributed by atoms with Gasteiger partial charge in [0.05, 0.1) is 13.3 Å². The molecule has 3 aliphatic rings. The minimum atomic E-state index is 0.769. The summed E-state index contributed by atoms with van der Waals surface area (Å²) in [7, 11) is 2.09. The first-order chi connectivity index (χ1) is 6.79. The van der Waals surface area contributed by atoms with Crippen LogP contribution in [0.1, 0.15) is 19.3 Å². The van der Waals surface area contributed by atoms with Gasteiger partial charge in [-0.15, -0.1) is 0 Å². The second kappa shape index (κ2) is 2.78. The van der Waals surface area contributed by atoms with Gasteiger partial charge in [0, 0.05) is 12.0 Å². The molecule has 2 bridgehead atoms. The lowest BCUT2D eigenvalue weighted by Crippen LogP contribution is -2.30. The van der Waals surface area contributed by atoms with Crippen molar-refractivity contribution in [3.8, 4) is 0 Å². The van der Waals surface area contributed by atoms with Crippen LogP contribution in [-0.4, -0.2) is 24.6 Å². The summed E-state index contributed by atoms with van der Waals surface area (Å²) in [4.78, 5) is 4.08. The van der Waals surface area contributed by atoms with Gasteiger partial charge in [0.25, 0.3) is 0 Å². The Kier molecular flexibility index (Phi) is 1.67. The molecular formula is C12H17N2+. The first kappa shape index (κ1) is 8.39. The van der Waals surface area contributed by atoms with Gasteiger partial charge in [-0.2, -0.15) is 0 Å². The molecule has 0 radical (unpaired) electrons. The maximum absolute atomic E-state index is 4.08. The molecule has 74 valence electrons. The minimum absolute atomic E-state index is 0.769. The third-order valence-electron chi connectivity index (χ3n) is 4.31. The molecule has 2 aliphatic carbocycles. The molecule has 2 saturated carbocycles. The van der Waals surface area contributed by atoms with Crippen LogP contribution in [0, 0.1) is 23.7 Å². The Balaban J connectivity index is 1.98. The molecule has 4 unspecified atom stereocenters. The molecule has 2 heteroatoms. The van der Waals surface area contributed by atoms with E-state index in [2.05, 4.69) is 35.6 Å². The molecule has 0 aromatic rings. The number of rotatable bonds is 1. The fraction of sp³-hybridized carbons (Fsp3) is 0.667. The monoisotopic (exact) mass is 189 g/mol. The van der Waals surface area contributed by atoms with Crippen LogP contribution in [0.5, 0.6) is 0 Å². The molecule has 0 aromatic heterocycles. The fourth-order valence-corrected chi connectivity index (χ4v) is 3.64. The number of allylic oxidation sites excluding steroid dienone is 1. The first-order valence-corrected chi connectivity index (χ1v) is 5.56. The summed E-state index contributed by atoms with van der Waals surface area (Å²) in [5.41, 5.74) is 0. The van der Waals surface area contributed by atoms with Crippen LogP contribution in [0.2, 0.25) is 0 Å². The van der Waals surface area contributed by atoms with Crippen molar-refractivity contribution in [1.82, 2.24) is 0 Å². The summed E-state index contributed by atoms with van der Waals surface area (Å²) >= 11 is 0. The van der Waals surface area contributed by atoms with E-state index in [9.17, 15) is 0 Å². The van der Waals surface area contributed by atoms with E-state index in [1.165, 1.54) is 19.3 Å². The SMILES string of the molecule is C=NC1=CC2C3CCC(C3)C2C=[N+]1C. The van der Waals surface area contributed by atoms with Crippen molar-refractivity contribution in [2.24, 2.45) is 28.7 Å². The van der Waals surface area contributed by atoms with Crippen LogP contribution >= 0.6 is 0 Å². The number of fused-ring (bicyclic) bond motifs is 5. The maximum atomic E-state index is 4.08. The standard InChI is InChI=1S/C12H17N2/c1-13-12-6-10-8-3-4-9(5-8)11(10)7-14(12)2/h6-11H,1,3-5H2,2H3/q+1. The van der Waals surface area contributed by atoms with E-state index in [1.54, 1.807) is 0 Å². The van der Waals surface area contributed by atoms with Gasteiger partial charge in [-0.3, -0.25) is 0 Å². The lowest BCUT2D eigenvalue weighted by molar-refractivity contribution is -0.445. The first-order valence-electron chi connectivity index (χ1n) is 5.56. The quantitative estimate of drug-likeness (QED) is 0.442. The zero-order valence-corrected chi connectivity index (χ0v) is 8.69. The molecule has 1 heterocycles. The van der Waals surface area contributed by atoms with Crippen molar-refractivity contribution >= 4 is 12.9 Å². The summed E-state index contributed by atoms with van der Waals surface area (Å²) in [6, 6.07) is 0. The second-order valence-corrected chi connectivity index (χ2v) is 4.93. The van der Waals surface area contributed by atoms with Gasteiger partial charge in [0.2, 0.25) is 0 Å². The zero-order chi connectivity index (χ0) is 9.71. The molecule has 0 N–H and O–H groups in total. The van der Waals surface area contributed by atoms with E-state index in [0.29, 0.717) is 0 Å². The van der Waals surface area contributed by atoms with Crippen LogP contribution in [-0.2, 0) is 0 Å². The van der Waals surface area contributed by atoms with Crippen LogP contribution in [0.3, 0.4) is 0 Å². The van der Waals surface area contributed by atoms with Gasteiger partial charge in [0.1, 0.15) is 6.72 Å². The Morgan fingerprint density at radius 3 is 2.79 bits per heavy atom. The number of hydrogen-bond donors (Lipinski definition) is 0. The number of hydrogen-bond acceptors (Lipinski definition) is 1. The van der Waals surface area contributed by atoms with Gasteiger partial charge in [-0.1, -0.05) is 4.99 Å². The molecule has 1 aliphatic heterocycles. The Bertz CT molecular complexity index is 340. The third-order valence-corrected chi connectivity index (χ3v) is 4.31. The molecule has 14 heavy (non-hydrogen) atoms. The molecular weight excluding hydrogens is 172 g/mol. The summed E-state index contributed by atoms with van der Waals surface area (Å²) in [5.74, 6) is 4.51. The predicted molar refractivity (Wildman–Crippen MR) is 57.7 cm³/mol. The van der Waals surface area contributed by atoms with Crippen LogP contribution in [0.15, 0.2) is 16.9 Å². The normalized spacial score (nSPS) is 44.4. The smallest absolute Gasteiger partial charge is 0.238 e. The van der Waals surface area contributed by atoms with Gasteiger partial charge < -0.3 is 0 Å². The molecule has 3 rings (SSSR count). The van der Waals surface area contributed by atoms with Gasteiger partial charge in [0.15, 0.2) is 0 Å². The van der Waals surface area contributed by atoms with Crippen molar-refractivity contribution in [2.75, 3.05) is 7.05 Å². The highest BCUT2D eigenvalue weighted by Crippen LogP contribution is 2.53. The summed E-state index contributed by atoms with van der Waals surface area (Å²) < 4.78 is 2.15. The van der Waals surface area contributed by atoms with E-state index in [-0.39, 0.29) is 0 Å². The molecule has 2 fully saturated rings. The molecule has 0 aromatic carbocycles. The van der Waals surface area contributed by atoms with Crippen molar-refractivity contribution < 1.29 is 4.58 Å². The number of aliphatic imine (C=N–C) groups is 1. The Morgan fingerprint density at radius 1 is 1.36 bits per heavy atom. The molecule has 2 nitrogen and oxygen atoms in total. The van der Waals surface area contributed by atoms with E-state index >= 15 is 0 Å². The van der Waals surface area contributed by atoms with E-state index in [0.717, 1.165) is 29.5 Å². The van der Waals surface area contributed by atoms with Crippen molar-refractivity contribution in [1.29, 1.82) is 0 Å². The Labute approximate surface area is 85.0 Å². The highest BCUT2D eigenvalue weighted by atomic mass is 15.1. The molecule has 4 atom stereocenters. The van der Waals surface area contributed by atoms with E-state index in [4.69, 9.17) is 0 Å². The minimum Gasteiger partial charge on any atom is -0.238 e. The topological polar surface area (TPSA) is 15.4 Å². The zero-order valence-electron chi connectivity index (χ0n) is 8.69. The second-order valence-electron chi connectivity index (χ2n) is 4.93. The fourth-order valence-electron chi connectivity index (χ4n) is 3.64. The summed E-state index contributed by atoms with van der Waals surface area (Å²) in [5, 5.41) is 0. The van der Waals surface area contributed by atoms with E-state index < -0.39 is 0 Å². The largest absolute Gasteiger partial charge is 0.317 e. The summed E-state index contributed by atoms with van der Waals surface area (Å²) in [6.07, 6.45) is 9.05. The highest BCUT2D eigenvalue weighted by Gasteiger charge is 2.48. The molecule has 0 amide bonds. The lowest BCUT2D eigenvalue weighted by Gasteiger charge is -2.27. The number of nitrogens with zero attached hydrogens (tertiary/aromatic N) is 2. The highest BCUT2D eigenvalue weighted by molar-refractivity contribution is 5.60. The average molecular weight is 189 g/mol. The maximum Gasteiger partial charge on any atom is 0.317 e. The van der Waals surface area contributed by atoms with Crippen molar-refractivity contribution in [3.63, 3.8) is 0 Å². The molecule has 0 saturated heterocycles. The predicted octanol–water partition coefficient (Wildman–Crippen LogP) is 1.92. The Morgan fingerprint density at radius 2 is 2.07 bits per heavy atom. The Hall–Kier alpha value is -0.920. The van der Waals surface area contributed by atoms with Gasteiger partial charge in [-0.05, 0) is 37.0 Å². The van der Waals surface area contributed by atoms with Gasteiger partial charge in [-0.25, -0.2) is 4.58 Å². The van der Waals surface area contributed by atoms with Crippen molar-refractivity contribution in [2.45, 2.75) is 19.3 Å². The van der Waals surface area contributed by atoms with E-state index in [1.807, 2.05) is 0 Å². The van der Waals surface area contributed by atoms with Crippen LogP contribution in [0.25, 0.3) is 0 Å². The van der Waals surface area contributed by atoms with Gasteiger partial charge >= 0.3 is 5.82 Å². The molecule has 0 spiro atoms. The average Bonchev–Trinajstić information content (AvgIpc) is 2.77. The summed E-state index contributed by atoms with van der Waals surface area (Å²) in [6.45, 7) is 3.63. The van der Waals surface area contributed by atoms with Crippen LogP contribution in [0.4, 0.5) is 0 Å². The van der Waals surface area contributed by atoms with Crippen LogP contribution < -0.4 is 0 Å². The third kappa shape index (κ3) is 0.969.